The van der Waals surface area contributed by atoms with Crippen molar-refractivity contribution in [3.05, 3.63) is 47.5 Å². The van der Waals surface area contributed by atoms with Crippen LogP contribution < -0.4 is 29.6 Å². The van der Waals surface area contributed by atoms with Crippen LogP contribution in [0.3, 0.4) is 0 Å². The summed E-state index contributed by atoms with van der Waals surface area (Å²) in [4.78, 5) is 24.1. The van der Waals surface area contributed by atoms with E-state index < -0.39 is 0 Å². The van der Waals surface area contributed by atoms with Crippen LogP contribution in [0, 0.1) is 0 Å². The first kappa shape index (κ1) is 22.9. The molecule has 162 valence electrons. The predicted molar refractivity (Wildman–Crippen MR) is 113 cm³/mol. The van der Waals surface area contributed by atoms with E-state index in [9.17, 15) is 9.59 Å². The van der Waals surface area contributed by atoms with Gasteiger partial charge in [0.25, 0.3) is 11.8 Å². The second-order valence-corrected chi connectivity index (χ2v) is 6.21. The third-order valence-corrected chi connectivity index (χ3v) is 4.14. The molecular weight excluding hydrogens is 388 g/mol. The van der Waals surface area contributed by atoms with Crippen LogP contribution in [0.1, 0.15) is 29.8 Å². The molecule has 0 saturated carbocycles. The molecular formula is C22H28N2O6. The standard InChI is InChI=1S/C22H28N2O6/c1-5-23-21(25)14-30-18-9-7-15(11-19(18)27-3)13-24-22(26)16-8-10-17(29-6-2)20(12-16)28-4/h7-12H,5-6,13-14H2,1-4H3,(H,23,25)(H,24,26). The maximum Gasteiger partial charge on any atom is 0.257 e. The van der Waals surface area contributed by atoms with E-state index in [1.165, 1.54) is 14.2 Å². The number of rotatable bonds is 11. The molecule has 8 nitrogen and oxygen atoms in total. The molecule has 2 aromatic rings. The molecule has 2 aromatic carbocycles. The topological polar surface area (TPSA) is 95.1 Å². The van der Waals surface area contributed by atoms with E-state index in [2.05, 4.69) is 10.6 Å². The molecule has 2 N–H and O–H groups in total. The highest BCUT2D eigenvalue weighted by molar-refractivity contribution is 5.94. The number of likely N-dealkylation sites (N-methyl/N-ethyl adjacent to an activating group) is 1. The highest BCUT2D eigenvalue weighted by atomic mass is 16.5. The zero-order valence-corrected chi connectivity index (χ0v) is 17.7. The molecule has 2 rings (SSSR count). The fourth-order valence-electron chi connectivity index (χ4n) is 2.70. The van der Waals surface area contributed by atoms with Crippen molar-refractivity contribution in [3.63, 3.8) is 0 Å². The third kappa shape index (κ3) is 6.30. The Bertz CT molecular complexity index is 869. The van der Waals surface area contributed by atoms with Gasteiger partial charge >= 0.3 is 0 Å². The van der Waals surface area contributed by atoms with E-state index in [0.717, 1.165) is 5.56 Å². The Balaban J connectivity index is 2.01. The molecule has 0 unspecified atom stereocenters. The van der Waals surface area contributed by atoms with Gasteiger partial charge in [0, 0.05) is 18.7 Å². The van der Waals surface area contributed by atoms with Gasteiger partial charge in [0.05, 0.1) is 20.8 Å². The van der Waals surface area contributed by atoms with Gasteiger partial charge in [-0.25, -0.2) is 0 Å². The number of hydrogen-bond acceptors (Lipinski definition) is 6. The van der Waals surface area contributed by atoms with Crippen molar-refractivity contribution in [2.24, 2.45) is 0 Å². The lowest BCUT2D eigenvalue weighted by Gasteiger charge is -2.13. The van der Waals surface area contributed by atoms with Crippen molar-refractivity contribution in [3.8, 4) is 23.0 Å². The first-order valence-electron chi connectivity index (χ1n) is 9.67. The molecule has 0 aromatic heterocycles. The maximum absolute atomic E-state index is 12.5. The predicted octanol–water partition coefficient (Wildman–Crippen LogP) is 2.55. The molecule has 0 fully saturated rings. The lowest BCUT2D eigenvalue weighted by molar-refractivity contribution is -0.123. The number of hydrogen-bond donors (Lipinski definition) is 2. The summed E-state index contributed by atoms with van der Waals surface area (Å²) in [6.07, 6.45) is 0. The van der Waals surface area contributed by atoms with Crippen LogP contribution >= 0.6 is 0 Å². The number of nitrogens with one attached hydrogen (secondary N) is 2. The summed E-state index contributed by atoms with van der Waals surface area (Å²) in [7, 11) is 3.05. The number of amides is 2. The Morgan fingerprint density at radius 2 is 1.50 bits per heavy atom. The van der Waals surface area contributed by atoms with Gasteiger partial charge < -0.3 is 29.6 Å². The van der Waals surface area contributed by atoms with Gasteiger partial charge in [0.15, 0.2) is 29.6 Å². The summed E-state index contributed by atoms with van der Waals surface area (Å²) in [6, 6.07) is 10.3. The summed E-state index contributed by atoms with van der Waals surface area (Å²) >= 11 is 0. The normalized spacial score (nSPS) is 10.1. The molecule has 0 aliphatic rings. The van der Waals surface area contributed by atoms with Crippen molar-refractivity contribution in [1.82, 2.24) is 10.6 Å². The molecule has 0 aliphatic carbocycles. The third-order valence-electron chi connectivity index (χ3n) is 4.14. The molecule has 2 amide bonds. The fourth-order valence-corrected chi connectivity index (χ4v) is 2.70. The van der Waals surface area contributed by atoms with Gasteiger partial charge in [0.1, 0.15) is 0 Å². The van der Waals surface area contributed by atoms with Gasteiger partial charge in [-0.3, -0.25) is 9.59 Å². The van der Waals surface area contributed by atoms with Gasteiger partial charge in [-0.2, -0.15) is 0 Å². The van der Waals surface area contributed by atoms with Crippen molar-refractivity contribution in [2.45, 2.75) is 20.4 Å². The van der Waals surface area contributed by atoms with E-state index in [1.807, 2.05) is 13.8 Å². The molecule has 0 radical (unpaired) electrons. The Morgan fingerprint density at radius 3 is 2.17 bits per heavy atom. The zero-order chi connectivity index (χ0) is 21.9. The number of ether oxygens (including phenoxy) is 4. The number of benzene rings is 2. The Labute approximate surface area is 176 Å². The van der Waals surface area contributed by atoms with E-state index in [0.29, 0.717) is 48.3 Å². The van der Waals surface area contributed by atoms with Crippen molar-refractivity contribution in [1.29, 1.82) is 0 Å². The van der Waals surface area contributed by atoms with Crippen molar-refractivity contribution < 1.29 is 28.5 Å². The Kier molecular flexibility index (Phi) is 8.80. The minimum Gasteiger partial charge on any atom is -0.493 e. The number of carbonyl (C=O) groups excluding carboxylic acids is 2. The SMILES string of the molecule is CCNC(=O)COc1ccc(CNC(=O)c2ccc(OCC)c(OC)c2)cc1OC. The van der Waals surface area contributed by atoms with Gasteiger partial charge in [-0.1, -0.05) is 6.07 Å². The monoisotopic (exact) mass is 416 g/mol. The Morgan fingerprint density at radius 1 is 0.833 bits per heavy atom. The smallest absolute Gasteiger partial charge is 0.257 e. The zero-order valence-electron chi connectivity index (χ0n) is 17.7. The summed E-state index contributed by atoms with van der Waals surface area (Å²) in [5.41, 5.74) is 1.28. The molecule has 0 atom stereocenters. The van der Waals surface area contributed by atoms with E-state index >= 15 is 0 Å². The second-order valence-electron chi connectivity index (χ2n) is 6.21. The van der Waals surface area contributed by atoms with Crippen LogP contribution in [-0.2, 0) is 11.3 Å². The first-order valence-corrected chi connectivity index (χ1v) is 9.67. The summed E-state index contributed by atoms with van der Waals surface area (Å²) in [6.45, 7) is 4.96. The minimum atomic E-state index is -0.244. The van der Waals surface area contributed by atoms with E-state index in [4.69, 9.17) is 18.9 Å². The van der Waals surface area contributed by atoms with Gasteiger partial charge in [0.2, 0.25) is 0 Å². The maximum atomic E-state index is 12.5. The van der Waals surface area contributed by atoms with Gasteiger partial charge in [-0.15, -0.1) is 0 Å². The Hall–Kier alpha value is -3.42. The molecule has 8 heteroatoms. The molecule has 0 heterocycles. The summed E-state index contributed by atoms with van der Waals surface area (Å²) < 4.78 is 21.6. The van der Waals surface area contributed by atoms with Gasteiger partial charge in [-0.05, 0) is 49.7 Å². The summed E-state index contributed by atoms with van der Waals surface area (Å²) in [5, 5.41) is 5.52. The second kappa shape index (κ2) is 11.5. The van der Waals surface area contributed by atoms with Crippen LogP contribution in [0.5, 0.6) is 23.0 Å². The minimum absolute atomic E-state index is 0.0974. The van der Waals surface area contributed by atoms with Crippen LogP contribution in [-0.4, -0.2) is 45.8 Å². The molecule has 0 spiro atoms. The molecule has 0 bridgehead atoms. The van der Waals surface area contributed by atoms with Crippen LogP contribution in [0.25, 0.3) is 0 Å². The largest absolute Gasteiger partial charge is 0.493 e. The molecule has 30 heavy (non-hydrogen) atoms. The quantitative estimate of drug-likeness (QED) is 0.585. The van der Waals surface area contributed by atoms with Crippen molar-refractivity contribution >= 4 is 11.8 Å². The summed E-state index contributed by atoms with van der Waals surface area (Å²) in [5.74, 6) is 1.57. The van der Waals surface area contributed by atoms with Crippen LogP contribution in [0.4, 0.5) is 0 Å². The van der Waals surface area contributed by atoms with Crippen LogP contribution in [0.2, 0.25) is 0 Å². The van der Waals surface area contributed by atoms with E-state index in [-0.39, 0.29) is 18.4 Å². The lowest BCUT2D eigenvalue weighted by atomic mass is 10.1. The molecule has 0 saturated heterocycles. The van der Waals surface area contributed by atoms with Crippen LogP contribution in [0.15, 0.2) is 36.4 Å². The highest BCUT2D eigenvalue weighted by Crippen LogP contribution is 2.29. The fraction of sp³-hybridized carbons (Fsp3) is 0.364. The highest BCUT2D eigenvalue weighted by Gasteiger charge is 2.12. The van der Waals surface area contributed by atoms with E-state index in [1.54, 1.807) is 36.4 Å². The first-order chi connectivity index (χ1) is 14.5. The number of carbonyl (C=O) groups is 2. The average molecular weight is 416 g/mol. The molecule has 0 aliphatic heterocycles. The average Bonchev–Trinajstić information content (AvgIpc) is 2.76. The van der Waals surface area contributed by atoms with Crippen molar-refractivity contribution in [2.75, 3.05) is 34.0 Å². The number of methoxy groups -OCH3 is 2. The lowest BCUT2D eigenvalue weighted by Crippen LogP contribution is -2.28.